The van der Waals surface area contributed by atoms with Crippen molar-refractivity contribution in [3.05, 3.63) is 34.6 Å². The molecule has 0 radical (unpaired) electrons. The van der Waals surface area contributed by atoms with Crippen molar-refractivity contribution in [2.45, 2.75) is 19.9 Å². The molecule has 1 rings (SSSR count). The molecule has 13 heavy (non-hydrogen) atoms. The molecule has 0 atom stereocenters. The van der Waals surface area contributed by atoms with Gasteiger partial charge in [0, 0.05) is 11.6 Å². The van der Waals surface area contributed by atoms with Gasteiger partial charge in [-0.25, -0.2) is 4.39 Å². The zero-order valence-corrected chi connectivity index (χ0v) is 8.37. The molecule has 0 aliphatic carbocycles. The SMILES string of the molecule is CCCNCc1cc(F)ccc1Cl. The molecule has 1 aromatic carbocycles. The normalized spacial score (nSPS) is 10.4. The Hall–Kier alpha value is -0.600. The molecule has 0 amide bonds. The highest BCUT2D eigenvalue weighted by molar-refractivity contribution is 6.31. The quantitative estimate of drug-likeness (QED) is 0.739. The Balaban J connectivity index is 2.59. The van der Waals surface area contributed by atoms with E-state index in [-0.39, 0.29) is 5.82 Å². The fourth-order valence-electron chi connectivity index (χ4n) is 1.08. The van der Waals surface area contributed by atoms with Crippen LogP contribution in [0, 0.1) is 5.82 Å². The Morgan fingerprint density at radius 1 is 1.46 bits per heavy atom. The second-order valence-electron chi connectivity index (χ2n) is 2.91. The van der Waals surface area contributed by atoms with Gasteiger partial charge in [0.1, 0.15) is 5.82 Å². The summed E-state index contributed by atoms with van der Waals surface area (Å²) in [5.74, 6) is -0.238. The van der Waals surface area contributed by atoms with Crippen LogP contribution in [0.15, 0.2) is 18.2 Å². The Labute approximate surface area is 82.9 Å². The molecule has 72 valence electrons. The van der Waals surface area contributed by atoms with Crippen molar-refractivity contribution in [1.82, 2.24) is 5.32 Å². The van der Waals surface area contributed by atoms with Gasteiger partial charge in [-0.3, -0.25) is 0 Å². The molecule has 1 aromatic rings. The maximum absolute atomic E-state index is 12.8. The van der Waals surface area contributed by atoms with Crippen molar-refractivity contribution in [3.8, 4) is 0 Å². The summed E-state index contributed by atoms with van der Waals surface area (Å²) in [5.41, 5.74) is 0.815. The van der Waals surface area contributed by atoms with Crippen LogP contribution in [-0.2, 0) is 6.54 Å². The van der Waals surface area contributed by atoms with Crippen molar-refractivity contribution < 1.29 is 4.39 Å². The fourth-order valence-corrected chi connectivity index (χ4v) is 1.26. The van der Waals surface area contributed by atoms with Gasteiger partial charge in [0.25, 0.3) is 0 Å². The van der Waals surface area contributed by atoms with E-state index < -0.39 is 0 Å². The first-order valence-electron chi connectivity index (χ1n) is 4.38. The predicted molar refractivity (Wildman–Crippen MR) is 53.4 cm³/mol. The van der Waals surface area contributed by atoms with Gasteiger partial charge in [0.15, 0.2) is 0 Å². The van der Waals surface area contributed by atoms with E-state index in [1.165, 1.54) is 12.1 Å². The summed E-state index contributed by atoms with van der Waals surface area (Å²) in [6, 6.07) is 4.41. The van der Waals surface area contributed by atoms with E-state index in [4.69, 9.17) is 11.6 Å². The topological polar surface area (TPSA) is 12.0 Å². The number of hydrogen-bond donors (Lipinski definition) is 1. The molecule has 3 heteroatoms. The maximum Gasteiger partial charge on any atom is 0.123 e. The predicted octanol–water partition coefficient (Wildman–Crippen LogP) is 2.98. The van der Waals surface area contributed by atoms with Crippen molar-refractivity contribution >= 4 is 11.6 Å². The van der Waals surface area contributed by atoms with E-state index >= 15 is 0 Å². The van der Waals surface area contributed by atoms with Crippen LogP contribution >= 0.6 is 11.6 Å². The number of benzene rings is 1. The van der Waals surface area contributed by atoms with Gasteiger partial charge in [-0.05, 0) is 36.7 Å². The van der Waals surface area contributed by atoms with Gasteiger partial charge in [0.05, 0.1) is 0 Å². The highest BCUT2D eigenvalue weighted by Gasteiger charge is 2.00. The highest BCUT2D eigenvalue weighted by Crippen LogP contribution is 2.16. The van der Waals surface area contributed by atoms with Crippen LogP contribution in [0.1, 0.15) is 18.9 Å². The van der Waals surface area contributed by atoms with E-state index in [1.54, 1.807) is 6.07 Å². The Morgan fingerprint density at radius 2 is 2.23 bits per heavy atom. The third-order valence-corrected chi connectivity index (χ3v) is 2.12. The minimum Gasteiger partial charge on any atom is -0.313 e. The van der Waals surface area contributed by atoms with Gasteiger partial charge < -0.3 is 5.32 Å². The molecule has 0 unspecified atom stereocenters. The molecule has 0 fully saturated rings. The highest BCUT2D eigenvalue weighted by atomic mass is 35.5. The monoisotopic (exact) mass is 201 g/mol. The van der Waals surface area contributed by atoms with Crippen molar-refractivity contribution in [2.75, 3.05) is 6.54 Å². The number of halogens is 2. The summed E-state index contributed by atoms with van der Waals surface area (Å²) in [6.45, 7) is 3.64. The Morgan fingerprint density at radius 3 is 2.92 bits per heavy atom. The minimum atomic E-state index is -0.238. The van der Waals surface area contributed by atoms with Crippen LogP contribution in [0.4, 0.5) is 4.39 Å². The van der Waals surface area contributed by atoms with Crippen LogP contribution in [0.3, 0.4) is 0 Å². The Kier molecular flexibility index (Phi) is 4.19. The molecule has 0 saturated carbocycles. The van der Waals surface area contributed by atoms with Crippen LogP contribution in [0.5, 0.6) is 0 Å². The smallest absolute Gasteiger partial charge is 0.123 e. The third-order valence-electron chi connectivity index (χ3n) is 1.75. The summed E-state index contributed by atoms with van der Waals surface area (Å²) < 4.78 is 12.8. The van der Waals surface area contributed by atoms with E-state index in [9.17, 15) is 4.39 Å². The summed E-state index contributed by atoms with van der Waals surface area (Å²) in [5, 5.41) is 3.78. The molecule has 1 nitrogen and oxygen atoms in total. The first-order valence-corrected chi connectivity index (χ1v) is 4.76. The molecular formula is C10H13ClFN. The van der Waals surface area contributed by atoms with Crippen LogP contribution in [0.2, 0.25) is 5.02 Å². The average molecular weight is 202 g/mol. The summed E-state index contributed by atoms with van der Waals surface area (Å²) in [6.07, 6.45) is 1.06. The maximum atomic E-state index is 12.8. The van der Waals surface area contributed by atoms with E-state index in [0.717, 1.165) is 18.5 Å². The van der Waals surface area contributed by atoms with Crippen LogP contribution < -0.4 is 5.32 Å². The molecule has 0 heterocycles. The second kappa shape index (κ2) is 5.20. The average Bonchev–Trinajstić information content (AvgIpc) is 2.11. The van der Waals surface area contributed by atoms with Crippen LogP contribution in [0.25, 0.3) is 0 Å². The zero-order chi connectivity index (χ0) is 9.68. The summed E-state index contributed by atoms with van der Waals surface area (Å²) in [7, 11) is 0. The third kappa shape index (κ3) is 3.33. The van der Waals surface area contributed by atoms with Gasteiger partial charge in [-0.1, -0.05) is 18.5 Å². The largest absolute Gasteiger partial charge is 0.313 e. The molecule has 0 aromatic heterocycles. The van der Waals surface area contributed by atoms with Gasteiger partial charge in [-0.15, -0.1) is 0 Å². The Bertz CT molecular complexity index is 276. The first kappa shape index (κ1) is 10.5. The lowest BCUT2D eigenvalue weighted by molar-refractivity contribution is 0.619. The van der Waals surface area contributed by atoms with Crippen LogP contribution in [-0.4, -0.2) is 6.54 Å². The summed E-state index contributed by atoms with van der Waals surface area (Å²) in [4.78, 5) is 0. The molecule has 0 spiro atoms. The number of nitrogens with one attached hydrogen (secondary N) is 1. The molecule has 0 aliphatic rings. The molecule has 0 saturated heterocycles. The zero-order valence-electron chi connectivity index (χ0n) is 7.61. The lowest BCUT2D eigenvalue weighted by atomic mass is 10.2. The van der Waals surface area contributed by atoms with Crippen molar-refractivity contribution in [1.29, 1.82) is 0 Å². The lowest BCUT2D eigenvalue weighted by Crippen LogP contribution is -2.14. The van der Waals surface area contributed by atoms with E-state index in [2.05, 4.69) is 12.2 Å². The van der Waals surface area contributed by atoms with Gasteiger partial charge >= 0.3 is 0 Å². The second-order valence-corrected chi connectivity index (χ2v) is 3.32. The molecule has 0 aliphatic heterocycles. The first-order chi connectivity index (χ1) is 6.24. The van der Waals surface area contributed by atoms with Crippen molar-refractivity contribution in [3.63, 3.8) is 0 Å². The number of rotatable bonds is 4. The number of hydrogen-bond acceptors (Lipinski definition) is 1. The van der Waals surface area contributed by atoms with Gasteiger partial charge in [0.2, 0.25) is 0 Å². The standard InChI is InChI=1S/C10H13ClFN/c1-2-5-13-7-8-6-9(12)3-4-10(8)11/h3-4,6,13H,2,5,7H2,1H3. The lowest BCUT2D eigenvalue weighted by Gasteiger charge is -2.05. The van der Waals surface area contributed by atoms with E-state index in [1.807, 2.05) is 0 Å². The van der Waals surface area contributed by atoms with Crippen molar-refractivity contribution in [2.24, 2.45) is 0 Å². The van der Waals surface area contributed by atoms with E-state index in [0.29, 0.717) is 11.6 Å². The molecular weight excluding hydrogens is 189 g/mol. The molecule has 1 N–H and O–H groups in total. The molecule has 0 bridgehead atoms. The van der Waals surface area contributed by atoms with Gasteiger partial charge in [-0.2, -0.15) is 0 Å². The summed E-state index contributed by atoms with van der Waals surface area (Å²) >= 11 is 5.87. The minimum absolute atomic E-state index is 0.238. The fraction of sp³-hybridized carbons (Fsp3) is 0.400.